The fourth-order valence-electron chi connectivity index (χ4n) is 2.66. The molecule has 1 aliphatic rings. The third-order valence-electron chi connectivity index (χ3n) is 3.97. The van der Waals surface area contributed by atoms with Crippen LogP contribution in [0.2, 0.25) is 0 Å². The van der Waals surface area contributed by atoms with Gasteiger partial charge in [-0.15, -0.1) is 35.1 Å². The first-order chi connectivity index (χ1) is 11.2. The Kier molecular flexibility index (Phi) is 5.31. The van der Waals surface area contributed by atoms with Crippen LogP contribution in [-0.2, 0) is 0 Å². The van der Waals surface area contributed by atoms with E-state index < -0.39 is 0 Å². The Labute approximate surface area is 154 Å². The molecule has 1 fully saturated rings. The number of aryl methyl sites for hydroxylation is 1. The smallest absolute Gasteiger partial charge is 0.269 e. The second-order valence-electron chi connectivity index (χ2n) is 5.57. The van der Waals surface area contributed by atoms with E-state index >= 15 is 0 Å². The SMILES string of the molecule is Cc1nc(-c2cccs2)sc1-c1nc(C2CNCCN2C)no1.Cl. The van der Waals surface area contributed by atoms with Gasteiger partial charge >= 0.3 is 0 Å². The maximum Gasteiger partial charge on any atom is 0.269 e. The van der Waals surface area contributed by atoms with Crippen molar-refractivity contribution in [3.63, 3.8) is 0 Å². The van der Waals surface area contributed by atoms with Gasteiger partial charge in [-0.25, -0.2) is 4.98 Å². The number of halogens is 1. The van der Waals surface area contributed by atoms with Crippen molar-refractivity contribution in [3.05, 3.63) is 29.0 Å². The second-order valence-corrected chi connectivity index (χ2v) is 7.52. The van der Waals surface area contributed by atoms with E-state index in [9.17, 15) is 0 Å². The van der Waals surface area contributed by atoms with Crippen molar-refractivity contribution in [1.29, 1.82) is 0 Å². The first-order valence-electron chi connectivity index (χ1n) is 7.48. The van der Waals surface area contributed by atoms with E-state index in [0.717, 1.165) is 41.0 Å². The van der Waals surface area contributed by atoms with Crippen molar-refractivity contribution in [3.8, 4) is 20.7 Å². The number of nitrogens with one attached hydrogen (secondary N) is 1. The highest BCUT2D eigenvalue weighted by Gasteiger charge is 2.26. The molecule has 24 heavy (non-hydrogen) atoms. The van der Waals surface area contributed by atoms with Crippen molar-refractivity contribution in [1.82, 2.24) is 25.3 Å². The molecule has 0 saturated carbocycles. The van der Waals surface area contributed by atoms with E-state index in [-0.39, 0.29) is 18.4 Å². The summed E-state index contributed by atoms with van der Waals surface area (Å²) in [6.07, 6.45) is 0. The number of likely N-dealkylation sites (N-methyl/N-ethyl adjacent to an activating group) is 1. The standard InChI is InChI=1S/C15H17N5OS2.ClH/c1-9-12(23-15(17-9)11-4-3-7-22-11)14-18-13(19-21-14)10-8-16-5-6-20(10)2;/h3-4,7,10,16H,5-6,8H2,1-2H3;1H. The first kappa shape index (κ1) is 17.5. The Morgan fingerprint density at radius 3 is 3.00 bits per heavy atom. The summed E-state index contributed by atoms with van der Waals surface area (Å²) >= 11 is 3.29. The fraction of sp³-hybridized carbons (Fsp3) is 0.400. The van der Waals surface area contributed by atoms with E-state index in [1.54, 1.807) is 22.7 Å². The van der Waals surface area contributed by atoms with Crippen molar-refractivity contribution >= 4 is 35.1 Å². The first-order valence-corrected chi connectivity index (χ1v) is 9.18. The van der Waals surface area contributed by atoms with E-state index in [1.165, 1.54) is 4.88 Å². The zero-order valence-electron chi connectivity index (χ0n) is 13.4. The van der Waals surface area contributed by atoms with E-state index in [0.29, 0.717) is 5.89 Å². The van der Waals surface area contributed by atoms with E-state index in [2.05, 4.69) is 43.8 Å². The molecular formula is C15H18ClN5OS2. The molecule has 3 aromatic rings. The van der Waals surface area contributed by atoms with Crippen LogP contribution in [0.4, 0.5) is 0 Å². The maximum absolute atomic E-state index is 5.52. The Bertz CT molecular complexity index is 801. The number of aromatic nitrogens is 3. The van der Waals surface area contributed by atoms with Crippen LogP contribution in [0, 0.1) is 6.92 Å². The van der Waals surface area contributed by atoms with Crippen LogP contribution in [0.15, 0.2) is 22.0 Å². The highest BCUT2D eigenvalue weighted by Crippen LogP contribution is 2.36. The fourth-order valence-corrected chi connectivity index (χ4v) is 4.44. The van der Waals surface area contributed by atoms with Gasteiger partial charge in [0.1, 0.15) is 9.88 Å². The molecule has 4 heterocycles. The highest BCUT2D eigenvalue weighted by molar-refractivity contribution is 7.22. The number of rotatable bonds is 3. The zero-order valence-corrected chi connectivity index (χ0v) is 15.8. The molecule has 1 saturated heterocycles. The average Bonchev–Trinajstić information content (AvgIpc) is 3.27. The number of nitrogens with zero attached hydrogens (tertiary/aromatic N) is 4. The molecule has 128 valence electrons. The number of hydrogen-bond donors (Lipinski definition) is 1. The van der Waals surface area contributed by atoms with Crippen molar-refractivity contribution < 1.29 is 4.52 Å². The molecule has 1 aliphatic heterocycles. The molecule has 0 radical (unpaired) electrons. The molecule has 0 aromatic carbocycles. The lowest BCUT2D eigenvalue weighted by atomic mass is 10.2. The molecule has 1 unspecified atom stereocenters. The van der Waals surface area contributed by atoms with Gasteiger partial charge in [0.15, 0.2) is 5.82 Å². The molecule has 0 aliphatic carbocycles. The van der Waals surface area contributed by atoms with Gasteiger partial charge in [0.05, 0.1) is 16.6 Å². The van der Waals surface area contributed by atoms with Crippen molar-refractivity contribution in [2.45, 2.75) is 13.0 Å². The minimum Gasteiger partial charge on any atom is -0.333 e. The Morgan fingerprint density at radius 1 is 1.38 bits per heavy atom. The number of hydrogen-bond acceptors (Lipinski definition) is 8. The van der Waals surface area contributed by atoms with Crippen LogP contribution in [0.1, 0.15) is 17.6 Å². The molecule has 1 atom stereocenters. The molecule has 0 amide bonds. The van der Waals surface area contributed by atoms with E-state index in [4.69, 9.17) is 4.52 Å². The van der Waals surface area contributed by atoms with Gasteiger partial charge in [-0.2, -0.15) is 4.98 Å². The van der Waals surface area contributed by atoms with Gasteiger partial charge in [0.2, 0.25) is 0 Å². The quantitative estimate of drug-likeness (QED) is 0.749. The molecular weight excluding hydrogens is 366 g/mol. The minimum absolute atomic E-state index is 0. The summed E-state index contributed by atoms with van der Waals surface area (Å²) < 4.78 is 5.52. The molecule has 4 rings (SSSR count). The highest BCUT2D eigenvalue weighted by atomic mass is 35.5. The third-order valence-corrected chi connectivity index (χ3v) is 6.16. The second kappa shape index (κ2) is 7.28. The predicted octanol–water partition coefficient (Wildman–Crippen LogP) is 3.23. The normalized spacial score (nSPS) is 18.5. The lowest BCUT2D eigenvalue weighted by molar-refractivity contribution is 0.190. The monoisotopic (exact) mass is 383 g/mol. The van der Waals surface area contributed by atoms with Crippen LogP contribution >= 0.6 is 35.1 Å². The van der Waals surface area contributed by atoms with E-state index in [1.807, 2.05) is 13.0 Å². The molecule has 0 bridgehead atoms. The van der Waals surface area contributed by atoms with Crippen LogP contribution < -0.4 is 5.32 Å². The molecule has 9 heteroatoms. The number of piperazine rings is 1. The van der Waals surface area contributed by atoms with Gasteiger partial charge in [-0.05, 0) is 25.4 Å². The number of thiophene rings is 1. The Balaban J connectivity index is 0.00000169. The summed E-state index contributed by atoms with van der Waals surface area (Å²) in [5.41, 5.74) is 0.934. The molecule has 3 aromatic heterocycles. The van der Waals surface area contributed by atoms with Gasteiger partial charge in [-0.1, -0.05) is 11.2 Å². The zero-order chi connectivity index (χ0) is 15.8. The Morgan fingerprint density at radius 2 is 2.25 bits per heavy atom. The summed E-state index contributed by atoms with van der Waals surface area (Å²) in [5, 5.41) is 10.6. The topological polar surface area (TPSA) is 67.1 Å². The van der Waals surface area contributed by atoms with Crippen LogP contribution in [0.3, 0.4) is 0 Å². The number of thiazole rings is 1. The third kappa shape index (κ3) is 3.25. The summed E-state index contributed by atoms with van der Waals surface area (Å²) in [5.74, 6) is 1.30. The summed E-state index contributed by atoms with van der Waals surface area (Å²) in [6, 6.07) is 4.27. The van der Waals surface area contributed by atoms with Crippen LogP contribution in [0.25, 0.3) is 20.7 Å². The van der Waals surface area contributed by atoms with Crippen molar-refractivity contribution in [2.75, 3.05) is 26.7 Å². The molecule has 6 nitrogen and oxygen atoms in total. The van der Waals surface area contributed by atoms with Gasteiger partial charge in [0.25, 0.3) is 5.89 Å². The van der Waals surface area contributed by atoms with Crippen molar-refractivity contribution in [2.24, 2.45) is 0 Å². The lowest BCUT2D eigenvalue weighted by Crippen LogP contribution is -2.44. The lowest BCUT2D eigenvalue weighted by Gasteiger charge is -2.30. The predicted molar refractivity (Wildman–Crippen MR) is 98.9 cm³/mol. The van der Waals surface area contributed by atoms with Crippen LogP contribution in [0.5, 0.6) is 0 Å². The van der Waals surface area contributed by atoms with Gasteiger partial charge < -0.3 is 9.84 Å². The Hall–Kier alpha value is -1.32. The van der Waals surface area contributed by atoms with Gasteiger partial charge in [-0.3, -0.25) is 4.90 Å². The van der Waals surface area contributed by atoms with Crippen LogP contribution in [-0.4, -0.2) is 46.7 Å². The maximum atomic E-state index is 5.52. The summed E-state index contributed by atoms with van der Waals surface area (Å²) in [7, 11) is 2.09. The van der Waals surface area contributed by atoms with Gasteiger partial charge in [0, 0.05) is 19.6 Å². The summed E-state index contributed by atoms with van der Waals surface area (Å²) in [4.78, 5) is 13.6. The molecule has 0 spiro atoms. The molecule has 1 N–H and O–H groups in total. The average molecular weight is 384 g/mol. The minimum atomic E-state index is 0. The largest absolute Gasteiger partial charge is 0.333 e. The summed E-state index contributed by atoms with van der Waals surface area (Å²) in [6.45, 7) is 4.81.